The van der Waals surface area contributed by atoms with E-state index in [-0.39, 0.29) is 30.1 Å². The Kier molecular flexibility index (Phi) is 9.15. The number of rotatable bonds is 5. The third-order valence-electron chi connectivity index (χ3n) is 5.55. The van der Waals surface area contributed by atoms with Gasteiger partial charge >= 0.3 is 0 Å². The smallest absolute Gasteiger partial charge is 0.193 e. The molecule has 1 saturated heterocycles. The lowest BCUT2D eigenvalue weighted by molar-refractivity contribution is -0.00837. The van der Waals surface area contributed by atoms with Crippen molar-refractivity contribution in [3.05, 3.63) is 52.3 Å². The van der Waals surface area contributed by atoms with Crippen molar-refractivity contribution in [1.29, 1.82) is 0 Å². The lowest BCUT2D eigenvalue weighted by Gasteiger charge is -2.36. The van der Waals surface area contributed by atoms with Crippen LogP contribution in [-0.4, -0.2) is 53.9 Å². The van der Waals surface area contributed by atoms with Gasteiger partial charge < -0.3 is 15.0 Å². The molecular weight excluding hydrogens is 489 g/mol. The standard InChI is InChI=1S/C23H35N5O.HI/c1-16-7-8-21(18(3)11-16)22-15-27(9-10-29-22)23(24-6)25-13-17(2)14-28-20(5)12-19(4)26-28;/h7-8,11-12,17,22H,9-10,13-15H2,1-6H3,(H,24,25);1H. The summed E-state index contributed by atoms with van der Waals surface area (Å²) in [6.07, 6.45) is 0.0787. The monoisotopic (exact) mass is 525 g/mol. The quantitative estimate of drug-likeness (QED) is 0.364. The summed E-state index contributed by atoms with van der Waals surface area (Å²) >= 11 is 0. The van der Waals surface area contributed by atoms with Crippen molar-refractivity contribution in [2.75, 3.05) is 33.3 Å². The zero-order chi connectivity index (χ0) is 21.0. The number of hydrogen-bond donors (Lipinski definition) is 1. The first-order valence-corrected chi connectivity index (χ1v) is 10.5. The van der Waals surface area contributed by atoms with E-state index in [4.69, 9.17) is 4.74 Å². The van der Waals surface area contributed by atoms with Gasteiger partial charge in [-0.05, 0) is 50.8 Å². The molecule has 2 atom stereocenters. The Balaban J connectivity index is 0.00000320. The van der Waals surface area contributed by atoms with Crippen molar-refractivity contribution in [1.82, 2.24) is 20.0 Å². The van der Waals surface area contributed by atoms with Gasteiger partial charge in [0, 0.05) is 32.4 Å². The lowest BCUT2D eigenvalue weighted by atomic mass is 10.00. The van der Waals surface area contributed by atoms with Crippen LogP contribution in [0.25, 0.3) is 0 Å². The number of benzene rings is 1. The largest absolute Gasteiger partial charge is 0.370 e. The highest BCUT2D eigenvalue weighted by Gasteiger charge is 2.25. The summed E-state index contributed by atoms with van der Waals surface area (Å²) in [5.74, 6) is 1.39. The van der Waals surface area contributed by atoms with Gasteiger partial charge in [0.05, 0.1) is 18.8 Å². The molecule has 2 heterocycles. The Morgan fingerprint density at radius 2 is 2.03 bits per heavy atom. The Morgan fingerprint density at radius 3 is 2.67 bits per heavy atom. The first kappa shape index (κ1) is 24.7. The molecule has 2 unspecified atom stereocenters. The van der Waals surface area contributed by atoms with Gasteiger partial charge in [0.15, 0.2) is 5.96 Å². The van der Waals surface area contributed by atoms with E-state index in [1.807, 2.05) is 14.0 Å². The average molecular weight is 525 g/mol. The van der Waals surface area contributed by atoms with Gasteiger partial charge in [0.1, 0.15) is 6.10 Å². The first-order valence-electron chi connectivity index (χ1n) is 10.5. The van der Waals surface area contributed by atoms with Gasteiger partial charge in [-0.3, -0.25) is 9.67 Å². The highest BCUT2D eigenvalue weighted by Crippen LogP contribution is 2.26. The van der Waals surface area contributed by atoms with Crippen LogP contribution in [0.3, 0.4) is 0 Å². The van der Waals surface area contributed by atoms with Crippen molar-refractivity contribution in [2.45, 2.75) is 47.3 Å². The molecule has 1 aliphatic heterocycles. The minimum Gasteiger partial charge on any atom is -0.370 e. The number of nitrogens with one attached hydrogen (secondary N) is 1. The van der Waals surface area contributed by atoms with Crippen LogP contribution < -0.4 is 5.32 Å². The minimum atomic E-state index is 0. The third kappa shape index (κ3) is 6.20. The molecule has 7 heteroatoms. The number of ether oxygens (including phenoxy) is 1. The predicted molar refractivity (Wildman–Crippen MR) is 134 cm³/mol. The molecule has 0 bridgehead atoms. The van der Waals surface area contributed by atoms with Crippen LogP contribution >= 0.6 is 24.0 Å². The van der Waals surface area contributed by atoms with Gasteiger partial charge in [-0.15, -0.1) is 24.0 Å². The second-order valence-corrected chi connectivity index (χ2v) is 8.31. The maximum Gasteiger partial charge on any atom is 0.193 e. The first-order chi connectivity index (χ1) is 13.9. The third-order valence-corrected chi connectivity index (χ3v) is 5.55. The van der Waals surface area contributed by atoms with E-state index in [1.165, 1.54) is 22.4 Å². The van der Waals surface area contributed by atoms with Gasteiger partial charge in [-0.2, -0.15) is 5.10 Å². The molecule has 30 heavy (non-hydrogen) atoms. The molecule has 1 aromatic carbocycles. The Morgan fingerprint density at radius 1 is 1.27 bits per heavy atom. The lowest BCUT2D eigenvalue weighted by Crippen LogP contribution is -2.49. The minimum absolute atomic E-state index is 0. The maximum absolute atomic E-state index is 6.09. The van der Waals surface area contributed by atoms with Gasteiger partial charge in [0.2, 0.25) is 0 Å². The van der Waals surface area contributed by atoms with Crippen molar-refractivity contribution in [3.8, 4) is 0 Å². The fraction of sp³-hybridized carbons (Fsp3) is 0.565. The van der Waals surface area contributed by atoms with Crippen LogP contribution in [0.1, 0.15) is 41.1 Å². The molecule has 0 aliphatic carbocycles. The number of guanidine groups is 1. The number of morpholine rings is 1. The molecule has 6 nitrogen and oxygen atoms in total. The highest BCUT2D eigenvalue weighted by atomic mass is 127. The molecule has 2 aromatic rings. The Bertz CT molecular complexity index is 863. The number of halogens is 1. The number of aryl methyl sites for hydroxylation is 4. The van der Waals surface area contributed by atoms with E-state index in [9.17, 15) is 0 Å². The molecule has 0 amide bonds. The van der Waals surface area contributed by atoms with E-state index in [0.29, 0.717) is 12.5 Å². The number of aromatic nitrogens is 2. The van der Waals surface area contributed by atoms with Crippen LogP contribution in [0.15, 0.2) is 29.3 Å². The molecule has 1 N–H and O–H groups in total. The van der Waals surface area contributed by atoms with Crippen molar-refractivity contribution in [2.24, 2.45) is 10.9 Å². The number of nitrogens with zero attached hydrogens (tertiary/aromatic N) is 4. The molecule has 0 saturated carbocycles. The molecule has 0 radical (unpaired) electrons. The predicted octanol–water partition coefficient (Wildman–Crippen LogP) is 4.02. The maximum atomic E-state index is 6.09. The van der Waals surface area contributed by atoms with E-state index < -0.39 is 0 Å². The summed E-state index contributed by atoms with van der Waals surface area (Å²) < 4.78 is 8.19. The van der Waals surface area contributed by atoms with Crippen molar-refractivity contribution >= 4 is 29.9 Å². The molecule has 0 spiro atoms. The van der Waals surface area contributed by atoms with E-state index >= 15 is 0 Å². The Hall–Kier alpha value is -1.61. The van der Waals surface area contributed by atoms with Gasteiger partial charge in [-0.1, -0.05) is 30.7 Å². The van der Waals surface area contributed by atoms with E-state index in [1.54, 1.807) is 0 Å². The summed E-state index contributed by atoms with van der Waals surface area (Å²) in [5.41, 5.74) is 6.13. The average Bonchev–Trinajstić information content (AvgIpc) is 2.99. The fourth-order valence-corrected chi connectivity index (χ4v) is 4.03. The van der Waals surface area contributed by atoms with Crippen LogP contribution in [0.4, 0.5) is 0 Å². The molecule has 1 aliphatic rings. The second kappa shape index (κ2) is 11.1. The zero-order valence-electron chi connectivity index (χ0n) is 19.1. The molecule has 1 aromatic heterocycles. The second-order valence-electron chi connectivity index (χ2n) is 8.31. The van der Waals surface area contributed by atoms with Crippen molar-refractivity contribution < 1.29 is 4.74 Å². The number of aliphatic imine (C=N–C) groups is 1. The molecule has 1 fully saturated rings. The summed E-state index contributed by atoms with van der Waals surface area (Å²) in [7, 11) is 1.86. The Labute approximate surface area is 198 Å². The van der Waals surface area contributed by atoms with Crippen LogP contribution in [0.2, 0.25) is 0 Å². The van der Waals surface area contributed by atoms with E-state index in [2.05, 4.69) is 77.0 Å². The van der Waals surface area contributed by atoms with Crippen LogP contribution in [0, 0.1) is 33.6 Å². The van der Waals surface area contributed by atoms with Gasteiger partial charge in [-0.25, -0.2) is 0 Å². The zero-order valence-corrected chi connectivity index (χ0v) is 21.4. The summed E-state index contributed by atoms with van der Waals surface area (Å²) in [6, 6.07) is 8.72. The summed E-state index contributed by atoms with van der Waals surface area (Å²) in [5, 5.41) is 8.14. The van der Waals surface area contributed by atoms with E-state index in [0.717, 1.165) is 37.8 Å². The molecule has 3 rings (SSSR count). The highest BCUT2D eigenvalue weighted by molar-refractivity contribution is 14.0. The van der Waals surface area contributed by atoms with Crippen LogP contribution in [-0.2, 0) is 11.3 Å². The van der Waals surface area contributed by atoms with Crippen LogP contribution in [0.5, 0.6) is 0 Å². The SMILES string of the molecule is CN=C(NCC(C)Cn1nc(C)cc1C)N1CCOC(c2ccc(C)cc2C)C1.I. The summed E-state index contributed by atoms with van der Waals surface area (Å²) in [4.78, 5) is 6.84. The fourth-order valence-electron chi connectivity index (χ4n) is 4.03. The normalized spacial score (nSPS) is 18.1. The summed E-state index contributed by atoms with van der Waals surface area (Å²) in [6.45, 7) is 14.8. The molecule has 166 valence electrons. The topological polar surface area (TPSA) is 54.7 Å². The van der Waals surface area contributed by atoms with Crippen molar-refractivity contribution in [3.63, 3.8) is 0 Å². The van der Waals surface area contributed by atoms with Gasteiger partial charge in [0.25, 0.3) is 0 Å². The molecular formula is C23H36IN5O. The number of hydrogen-bond acceptors (Lipinski definition) is 3.